The van der Waals surface area contributed by atoms with Crippen LogP contribution in [0.2, 0.25) is 0 Å². The van der Waals surface area contributed by atoms with E-state index in [2.05, 4.69) is 9.88 Å². The Morgan fingerprint density at radius 1 is 1.12 bits per heavy atom. The van der Waals surface area contributed by atoms with Gasteiger partial charge in [-0.05, 0) is 35.4 Å². The smallest absolute Gasteiger partial charge is 0.397 e. The number of benzene rings is 2. The van der Waals surface area contributed by atoms with E-state index < -0.39 is 18.5 Å². The van der Waals surface area contributed by atoms with E-state index in [1.807, 2.05) is 54.7 Å². The molecule has 1 unspecified atom stereocenters. The quantitative estimate of drug-likeness (QED) is 0.526. The van der Waals surface area contributed by atoms with E-state index in [4.69, 9.17) is 4.74 Å². The number of hydrogen-bond donors (Lipinski definition) is 0. The number of amides is 1. The molecule has 1 atom stereocenters. The van der Waals surface area contributed by atoms with Crippen molar-refractivity contribution in [3.05, 3.63) is 65.9 Å². The Bertz CT molecular complexity index is 1140. The van der Waals surface area contributed by atoms with Crippen molar-refractivity contribution in [2.75, 3.05) is 19.6 Å². The topological polar surface area (TPSA) is 45.7 Å². The van der Waals surface area contributed by atoms with Crippen LogP contribution in [0, 0.1) is 5.92 Å². The fourth-order valence-corrected chi connectivity index (χ4v) is 5.00. The van der Waals surface area contributed by atoms with E-state index in [0.29, 0.717) is 30.6 Å². The van der Waals surface area contributed by atoms with Gasteiger partial charge in [-0.25, -0.2) is 4.98 Å². The van der Waals surface area contributed by atoms with Gasteiger partial charge < -0.3 is 14.5 Å². The first-order chi connectivity index (χ1) is 15.3. The van der Waals surface area contributed by atoms with Crippen LogP contribution in [0.25, 0.3) is 10.2 Å². The summed E-state index contributed by atoms with van der Waals surface area (Å²) in [5, 5.41) is 0.598. The van der Waals surface area contributed by atoms with Gasteiger partial charge in [0.15, 0.2) is 0 Å². The molecule has 5 nitrogen and oxygen atoms in total. The Kier molecular flexibility index (Phi) is 5.28. The first-order valence-corrected chi connectivity index (χ1v) is 11.1. The lowest BCUT2D eigenvalue weighted by molar-refractivity contribution is -0.160. The number of alkyl halides is 3. The average Bonchev–Trinajstić information content (AvgIpc) is 3.40. The highest BCUT2D eigenvalue weighted by Gasteiger charge is 2.39. The maximum atomic E-state index is 12.5. The third-order valence-corrected chi connectivity index (χ3v) is 6.55. The molecule has 9 heteroatoms. The summed E-state index contributed by atoms with van der Waals surface area (Å²) in [6.07, 6.45) is -3.86. The van der Waals surface area contributed by atoms with Crippen LogP contribution in [0.1, 0.15) is 12.0 Å². The summed E-state index contributed by atoms with van der Waals surface area (Å²) in [6.45, 7) is 2.03. The molecule has 32 heavy (non-hydrogen) atoms. The molecule has 1 aromatic heterocycles. The monoisotopic (exact) mass is 459 g/mol. The van der Waals surface area contributed by atoms with Crippen molar-refractivity contribution in [3.8, 4) is 10.9 Å². The standard InChI is InChI=1S/C23H20F3N3O2S/c24-23(25,26)9-21(30)29-13-16-11-28(12-17(16)14-29)10-15-5-7-18(8-6-15)31-22-27-19-3-1-2-4-20(19)32-22/h1-8,11,17H,9-10,12-14H2. The Hall–Kier alpha value is -3.07. The highest BCUT2D eigenvalue weighted by molar-refractivity contribution is 7.20. The van der Waals surface area contributed by atoms with Crippen molar-refractivity contribution < 1.29 is 22.7 Å². The van der Waals surface area contributed by atoms with Gasteiger partial charge in [-0.15, -0.1) is 0 Å². The number of thiazole rings is 1. The van der Waals surface area contributed by atoms with E-state index in [1.165, 1.54) is 16.2 Å². The van der Waals surface area contributed by atoms with Crippen molar-refractivity contribution in [2.24, 2.45) is 5.92 Å². The van der Waals surface area contributed by atoms with Gasteiger partial charge in [-0.2, -0.15) is 13.2 Å². The van der Waals surface area contributed by atoms with Crippen molar-refractivity contribution in [1.82, 2.24) is 14.8 Å². The van der Waals surface area contributed by atoms with Crippen LogP contribution in [-0.2, 0) is 11.3 Å². The summed E-state index contributed by atoms with van der Waals surface area (Å²) in [7, 11) is 0. The Morgan fingerprint density at radius 3 is 2.62 bits per heavy atom. The molecule has 0 bridgehead atoms. The number of ether oxygens (including phenoxy) is 1. The maximum Gasteiger partial charge on any atom is 0.397 e. The number of nitrogens with zero attached hydrogens (tertiary/aromatic N) is 3. The zero-order chi connectivity index (χ0) is 22.3. The third kappa shape index (κ3) is 4.57. The van der Waals surface area contributed by atoms with Gasteiger partial charge in [0.2, 0.25) is 5.91 Å². The molecule has 1 saturated heterocycles. The van der Waals surface area contributed by atoms with Gasteiger partial charge in [0, 0.05) is 38.3 Å². The van der Waals surface area contributed by atoms with E-state index in [-0.39, 0.29) is 12.5 Å². The molecule has 1 fully saturated rings. The number of rotatable bonds is 5. The summed E-state index contributed by atoms with van der Waals surface area (Å²) in [6, 6.07) is 15.7. The summed E-state index contributed by atoms with van der Waals surface area (Å²) < 4.78 is 44.4. The summed E-state index contributed by atoms with van der Waals surface area (Å²) >= 11 is 1.50. The number of carbonyl (C=O) groups is 1. The molecule has 0 N–H and O–H groups in total. The first-order valence-electron chi connectivity index (χ1n) is 10.2. The summed E-state index contributed by atoms with van der Waals surface area (Å²) in [5.41, 5.74) is 3.04. The lowest BCUT2D eigenvalue weighted by Crippen LogP contribution is -2.34. The highest BCUT2D eigenvalue weighted by atomic mass is 32.1. The van der Waals surface area contributed by atoms with Crippen LogP contribution < -0.4 is 4.74 Å². The fraction of sp³-hybridized carbons (Fsp3) is 0.304. The van der Waals surface area contributed by atoms with Crippen LogP contribution in [-0.4, -0.2) is 46.5 Å². The molecular weight excluding hydrogens is 439 g/mol. The summed E-state index contributed by atoms with van der Waals surface area (Å²) in [4.78, 5) is 19.8. The highest BCUT2D eigenvalue weighted by Crippen LogP contribution is 2.33. The average molecular weight is 459 g/mol. The van der Waals surface area contributed by atoms with Crippen LogP contribution in [0.4, 0.5) is 13.2 Å². The number of hydrogen-bond acceptors (Lipinski definition) is 5. The predicted molar refractivity (Wildman–Crippen MR) is 115 cm³/mol. The van der Waals surface area contributed by atoms with Crippen molar-refractivity contribution in [2.45, 2.75) is 19.1 Å². The van der Waals surface area contributed by atoms with Gasteiger partial charge in [-0.1, -0.05) is 35.6 Å². The molecule has 3 heterocycles. The maximum absolute atomic E-state index is 12.5. The van der Waals surface area contributed by atoms with E-state index in [1.54, 1.807) is 0 Å². The third-order valence-electron chi connectivity index (χ3n) is 5.63. The summed E-state index contributed by atoms with van der Waals surface area (Å²) in [5.74, 6) is -0.0276. The molecule has 0 aliphatic carbocycles. The second kappa shape index (κ2) is 8.12. The zero-order valence-corrected chi connectivity index (χ0v) is 17.8. The van der Waals surface area contributed by atoms with E-state index >= 15 is 0 Å². The SMILES string of the molecule is O=C(CC(F)(F)F)N1CC2=CN(Cc3ccc(Oc4nc5ccccc5s4)cc3)CC2C1. The van der Waals surface area contributed by atoms with Crippen LogP contribution in [0.3, 0.4) is 0 Å². The minimum Gasteiger partial charge on any atom is -0.431 e. The lowest BCUT2D eigenvalue weighted by atomic mass is 10.1. The molecule has 2 aromatic carbocycles. The van der Waals surface area contributed by atoms with E-state index in [0.717, 1.165) is 21.4 Å². The van der Waals surface area contributed by atoms with Gasteiger partial charge in [0.05, 0.1) is 10.2 Å². The number of aromatic nitrogens is 1. The minimum absolute atomic E-state index is 0.105. The van der Waals surface area contributed by atoms with Crippen molar-refractivity contribution in [1.29, 1.82) is 0 Å². The Labute approximate surface area is 186 Å². The molecule has 2 aliphatic rings. The fourth-order valence-electron chi connectivity index (χ4n) is 4.17. The van der Waals surface area contributed by atoms with Gasteiger partial charge >= 0.3 is 6.18 Å². The molecule has 3 aromatic rings. The van der Waals surface area contributed by atoms with Crippen molar-refractivity contribution in [3.63, 3.8) is 0 Å². The van der Waals surface area contributed by atoms with Gasteiger partial charge in [0.25, 0.3) is 5.19 Å². The molecule has 2 aliphatic heterocycles. The lowest BCUT2D eigenvalue weighted by Gasteiger charge is -2.21. The first kappa shape index (κ1) is 20.8. The molecule has 0 spiro atoms. The van der Waals surface area contributed by atoms with Gasteiger partial charge in [0.1, 0.15) is 12.2 Å². The van der Waals surface area contributed by atoms with Crippen LogP contribution >= 0.6 is 11.3 Å². The van der Waals surface area contributed by atoms with Crippen LogP contribution in [0.5, 0.6) is 10.9 Å². The molecule has 1 amide bonds. The van der Waals surface area contributed by atoms with E-state index in [9.17, 15) is 18.0 Å². The number of likely N-dealkylation sites (tertiary alicyclic amines) is 1. The second-order valence-corrected chi connectivity index (χ2v) is 9.08. The zero-order valence-electron chi connectivity index (χ0n) is 17.0. The molecule has 0 saturated carbocycles. The largest absolute Gasteiger partial charge is 0.431 e. The molecule has 5 rings (SSSR count). The molecular formula is C23H20F3N3O2S. The predicted octanol–water partition coefficient (Wildman–Crippen LogP) is 5.20. The molecule has 166 valence electrons. The number of carbonyl (C=O) groups excluding carboxylic acids is 1. The number of fused-ring (bicyclic) bond motifs is 2. The Morgan fingerprint density at radius 2 is 1.91 bits per heavy atom. The van der Waals surface area contributed by atoms with Crippen LogP contribution in [0.15, 0.2) is 60.3 Å². The van der Waals surface area contributed by atoms with Gasteiger partial charge in [-0.3, -0.25) is 4.79 Å². The van der Waals surface area contributed by atoms with Crippen molar-refractivity contribution >= 4 is 27.5 Å². The minimum atomic E-state index is -4.46. The normalized spacial score (nSPS) is 18.2. The molecule has 0 radical (unpaired) electrons. The Balaban J connectivity index is 1.17. The second-order valence-electron chi connectivity index (χ2n) is 8.09. The number of halogens is 3. The number of para-hydroxylation sites is 1.